The molecule has 14 heavy (non-hydrogen) atoms. The van der Waals surface area contributed by atoms with Gasteiger partial charge in [-0.1, -0.05) is 18.7 Å². The average molecular weight is 224 g/mol. The van der Waals surface area contributed by atoms with Crippen LogP contribution in [-0.2, 0) is 0 Å². The summed E-state index contributed by atoms with van der Waals surface area (Å²) in [4.78, 5) is 4.51. The third kappa shape index (κ3) is 2.01. The summed E-state index contributed by atoms with van der Waals surface area (Å²) in [6.07, 6.45) is 1.18. The fourth-order valence-electron chi connectivity index (χ4n) is 1.17. The third-order valence-electron chi connectivity index (χ3n) is 1.82. The molecule has 1 heterocycles. The molecule has 1 aromatic carbocycles. The molecule has 0 aliphatic rings. The number of benzene rings is 1. The van der Waals surface area contributed by atoms with Gasteiger partial charge >= 0.3 is 0 Å². The van der Waals surface area contributed by atoms with E-state index in [2.05, 4.69) is 11.9 Å². The van der Waals surface area contributed by atoms with Crippen LogP contribution in [0, 0.1) is 0 Å². The van der Waals surface area contributed by atoms with E-state index in [-0.39, 0.29) is 0 Å². The second kappa shape index (κ2) is 4.19. The zero-order chi connectivity index (χ0) is 9.97. The second-order valence-electron chi connectivity index (χ2n) is 3.06. The number of hydrogen-bond acceptors (Lipinski definition) is 4. The van der Waals surface area contributed by atoms with E-state index in [4.69, 9.17) is 5.73 Å². The summed E-state index contributed by atoms with van der Waals surface area (Å²) in [5.41, 5.74) is 7.50. The van der Waals surface area contributed by atoms with Crippen molar-refractivity contribution in [3.63, 3.8) is 0 Å². The van der Waals surface area contributed by atoms with Crippen molar-refractivity contribution in [2.45, 2.75) is 17.7 Å². The molecular formula is C10H12N2S2. The first-order chi connectivity index (χ1) is 6.79. The van der Waals surface area contributed by atoms with Gasteiger partial charge in [-0.3, -0.25) is 0 Å². The van der Waals surface area contributed by atoms with E-state index in [0.717, 1.165) is 21.3 Å². The Hall–Kier alpha value is -0.740. The summed E-state index contributed by atoms with van der Waals surface area (Å²) in [7, 11) is 0. The van der Waals surface area contributed by atoms with Crippen LogP contribution < -0.4 is 5.73 Å². The number of rotatable bonds is 3. The maximum atomic E-state index is 5.69. The van der Waals surface area contributed by atoms with Crippen LogP contribution in [-0.4, -0.2) is 10.7 Å². The number of hydrogen-bond donors (Lipinski definition) is 1. The SMILES string of the molecule is CCCSc1nc2cc(N)ccc2s1. The smallest absolute Gasteiger partial charge is 0.151 e. The van der Waals surface area contributed by atoms with Crippen LogP contribution in [0.2, 0.25) is 0 Å². The van der Waals surface area contributed by atoms with Crippen LogP contribution in [0.5, 0.6) is 0 Å². The van der Waals surface area contributed by atoms with E-state index in [1.54, 1.807) is 11.3 Å². The predicted molar refractivity (Wildman–Crippen MR) is 65.0 cm³/mol. The maximum Gasteiger partial charge on any atom is 0.151 e. The third-order valence-corrected chi connectivity index (χ3v) is 4.21. The molecule has 0 spiro atoms. The lowest BCUT2D eigenvalue weighted by atomic mass is 10.3. The van der Waals surface area contributed by atoms with Gasteiger partial charge in [-0.05, 0) is 24.6 Å². The van der Waals surface area contributed by atoms with E-state index in [1.807, 2.05) is 30.0 Å². The van der Waals surface area contributed by atoms with Gasteiger partial charge in [0.05, 0.1) is 10.2 Å². The first-order valence-corrected chi connectivity index (χ1v) is 6.38. The van der Waals surface area contributed by atoms with Crippen molar-refractivity contribution in [1.29, 1.82) is 0 Å². The van der Waals surface area contributed by atoms with Crippen molar-refractivity contribution >= 4 is 39.0 Å². The molecule has 2 aromatic rings. The minimum Gasteiger partial charge on any atom is -0.399 e. The van der Waals surface area contributed by atoms with Crippen LogP contribution >= 0.6 is 23.1 Å². The molecule has 0 aliphatic heterocycles. The first-order valence-electron chi connectivity index (χ1n) is 4.58. The zero-order valence-corrected chi connectivity index (χ0v) is 9.62. The highest BCUT2D eigenvalue weighted by atomic mass is 32.2. The summed E-state index contributed by atoms with van der Waals surface area (Å²) < 4.78 is 2.37. The summed E-state index contributed by atoms with van der Waals surface area (Å²) in [5.74, 6) is 1.13. The molecule has 0 amide bonds. The minimum absolute atomic E-state index is 0.787. The van der Waals surface area contributed by atoms with Crippen LogP contribution in [0.1, 0.15) is 13.3 Å². The monoisotopic (exact) mass is 224 g/mol. The first kappa shape index (κ1) is 9.80. The number of nitrogens with two attached hydrogens (primary N) is 1. The van der Waals surface area contributed by atoms with Crippen molar-refractivity contribution < 1.29 is 0 Å². The standard InChI is InChI=1S/C10H12N2S2/c1-2-5-13-10-12-8-6-7(11)3-4-9(8)14-10/h3-4,6H,2,5,11H2,1H3. The molecule has 2 nitrogen and oxygen atoms in total. The Bertz CT molecular complexity index is 437. The van der Waals surface area contributed by atoms with Crippen LogP contribution in [0.3, 0.4) is 0 Å². The normalized spacial score (nSPS) is 10.9. The van der Waals surface area contributed by atoms with Crippen molar-refractivity contribution in [3.05, 3.63) is 18.2 Å². The van der Waals surface area contributed by atoms with Crippen LogP contribution in [0.25, 0.3) is 10.2 Å². The Balaban J connectivity index is 2.32. The van der Waals surface area contributed by atoms with Gasteiger partial charge in [0, 0.05) is 11.4 Å². The highest BCUT2D eigenvalue weighted by molar-refractivity contribution is 8.01. The number of nitrogen functional groups attached to an aromatic ring is 1. The fourth-order valence-corrected chi connectivity index (χ4v) is 3.15. The van der Waals surface area contributed by atoms with Gasteiger partial charge in [0.1, 0.15) is 0 Å². The van der Waals surface area contributed by atoms with Gasteiger partial charge < -0.3 is 5.73 Å². The van der Waals surface area contributed by atoms with Gasteiger partial charge in [0.2, 0.25) is 0 Å². The molecular weight excluding hydrogens is 212 g/mol. The number of nitrogens with zero attached hydrogens (tertiary/aromatic N) is 1. The molecule has 0 atom stereocenters. The van der Waals surface area contributed by atoms with Crippen LogP contribution in [0.15, 0.2) is 22.5 Å². The molecule has 0 radical (unpaired) electrons. The minimum atomic E-state index is 0.787. The molecule has 0 saturated carbocycles. The highest BCUT2D eigenvalue weighted by Gasteiger charge is 2.03. The Morgan fingerprint density at radius 2 is 2.36 bits per heavy atom. The summed E-state index contributed by atoms with van der Waals surface area (Å²) >= 11 is 3.56. The molecule has 1 aromatic heterocycles. The van der Waals surface area contributed by atoms with Crippen molar-refractivity contribution in [1.82, 2.24) is 4.98 Å². The molecule has 0 aliphatic carbocycles. The van der Waals surface area contributed by atoms with E-state index >= 15 is 0 Å². The molecule has 2 N–H and O–H groups in total. The number of fused-ring (bicyclic) bond motifs is 1. The Labute approximate surface area is 91.5 Å². The molecule has 4 heteroatoms. The molecule has 2 rings (SSSR count). The molecule has 0 bridgehead atoms. The van der Waals surface area contributed by atoms with E-state index < -0.39 is 0 Å². The lowest BCUT2D eigenvalue weighted by Crippen LogP contribution is -1.82. The van der Waals surface area contributed by atoms with Crippen LogP contribution in [0.4, 0.5) is 5.69 Å². The number of aromatic nitrogens is 1. The van der Waals surface area contributed by atoms with Gasteiger partial charge in [-0.2, -0.15) is 0 Å². The molecule has 0 saturated heterocycles. The van der Waals surface area contributed by atoms with Gasteiger partial charge in [0.15, 0.2) is 4.34 Å². The number of anilines is 1. The Morgan fingerprint density at radius 1 is 1.50 bits per heavy atom. The molecule has 74 valence electrons. The summed E-state index contributed by atoms with van der Waals surface area (Å²) in [5, 5.41) is 0. The van der Waals surface area contributed by atoms with Crippen molar-refractivity contribution in [2.24, 2.45) is 0 Å². The summed E-state index contributed by atoms with van der Waals surface area (Å²) in [6.45, 7) is 2.18. The Kier molecular flexibility index (Phi) is 2.93. The second-order valence-corrected chi connectivity index (χ2v) is 5.43. The number of thioether (sulfide) groups is 1. The van der Waals surface area contributed by atoms with Gasteiger partial charge in [0.25, 0.3) is 0 Å². The lowest BCUT2D eigenvalue weighted by Gasteiger charge is -1.89. The maximum absolute atomic E-state index is 5.69. The average Bonchev–Trinajstić information content (AvgIpc) is 2.56. The van der Waals surface area contributed by atoms with Crippen molar-refractivity contribution in [2.75, 3.05) is 11.5 Å². The van der Waals surface area contributed by atoms with E-state index in [1.165, 1.54) is 11.1 Å². The molecule has 0 unspecified atom stereocenters. The van der Waals surface area contributed by atoms with E-state index in [0.29, 0.717) is 0 Å². The van der Waals surface area contributed by atoms with Gasteiger partial charge in [-0.15, -0.1) is 11.3 Å². The predicted octanol–water partition coefficient (Wildman–Crippen LogP) is 3.38. The highest BCUT2D eigenvalue weighted by Crippen LogP contribution is 2.30. The molecule has 0 fully saturated rings. The summed E-state index contributed by atoms with van der Waals surface area (Å²) in [6, 6.07) is 5.90. The number of thiazole rings is 1. The zero-order valence-electron chi connectivity index (χ0n) is 7.99. The fraction of sp³-hybridized carbons (Fsp3) is 0.300. The topological polar surface area (TPSA) is 38.9 Å². The Morgan fingerprint density at radius 3 is 3.14 bits per heavy atom. The largest absolute Gasteiger partial charge is 0.399 e. The van der Waals surface area contributed by atoms with E-state index in [9.17, 15) is 0 Å². The lowest BCUT2D eigenvalue weighted by molar-refractivity contribution is 1.10. The van der Waals surface area contributed by atoms with Crippen molar-refractivity contribution in [3.8, 4) is 0 Å². The quantitative estimate of drug-likeness (QED) is 0.641. The van der Waals surface area contributed by atoms with Gasteiger partial charge in [-0.25, -0.2) is 4.98 Å².